The SMILES string of the molecule is N[C@H](CCF)c1cc(Cl)cc(Cl)c1Cl. The summed E-state index contributed by atoms with van der Waals surface area (Å²) in [5.41, 5.74) is 6.29. The molecule has 0 aliphatic carbocycles. The summed E-state index contributed by atoms with van der Waals surface area (Å²) in [5, 5.41) is 1.13. The topological polar surface area (TPSA) is 26.0 Å². The molecule has 1 nitrogen and oxygen atoms in total. The van der Waals surface area contributed by atoms with Crippen LogP contribution in [-0.2, 0) is 0 Å². The number of hydrogen-bond acceptors (Lipinski definition) is 1. The average Bonchev–Trinajstić information content (AvgIpc) is 2.11. The summed E-state index contributed by atoms with van der Waals surface area (Å²) in [6.07, 6.45) is 0.205. The van der Waals surface area contributed by atoms with Crippen LogP contribution in [0, 0.1) is 0 Å². The van der Waals surface area contributed by atoms with E-state index in [0.717, 1.165) is 0 Å². The molecule has 0 saturated heterocycles. The molecule has 0 fully saturated rings. The summed E-state index contributed by atoms with van der Waals surface area (Å²) in [6, 6.07) is 2.66. The summed E-state index contributed by atoms with van der Waals surface area (Å²) in [6.45, 7) is -0.498. The molecule has 0 radical (unpaired) electrons. The monoisotopic (exact) mass is 255 g/mol. The molecule has 1 aromatic carbocycles. The average molecular weight is 257 g/mol. The smallest absolute Gasteiger partial charge is 0.0912 e. The highest BCUT2D eigenvalue weighted by Crippen LogP contribution is 2.33. The molecule has 0 amide bonds. The summed E-state index contributed by atoms with van der Waals surface area (Å²) in [4.78, 5) is 0. The van der Waals surface area contributed by atoms with Crippen molar-refractivity contribution in [3.8, 4) is 0 Å². The van der Waals surface area contributed by atoms with Gasteiger partial charge in [0.15, 0.2) is 0 Å². The molecular formula is C9H9Cl3FN. The van der Waals surface area contributed by atoms with Crippen LogP contribution in [-0.4, -0.2) is 6.67 Å². The third-order valence-corrected chi connectivity index (χ3v) is 2.88. The van der Waals surface area contributed by atoms with Crippen molar-refractivity contribution < 1.29 is 4.39 Å². The van der Waals surface area contributed by atoms with E-state index in [1.165, 1.54) is 6.07 Å². The van der Waals surface area contributed by atoms with E-state index in [0.29, 0.717) is 20.6 Å². The van der Waals surface area contributed by atoms with E-state index in [2.05, 4.69) is 0 Å². The van der Waals surface area contributed by atoms with Gasteiger partial charge in [-0.2, -0.15) is 0 Å². The lowest BCUT2D eigenvalue weighted by molar-refractivity contribution is 0.442. The van der Waals surface area contributed by atoms with Crippen LogP contribution in [0.2, 0.25) is 15.1 Å². The number of rotatable bonds is 3. The van der Waals surface area contributed by atoms with Crippen molar-refractivity contribution in [2.45, 2.75) is 12.5 Å². The van der Waals surface area contributed by atoms with Gasteiger partial charge in [0, 0.05) is 11.1 Å². The van der Waals surface area contributed by atoms with Crippen LogP contribution in [0.1, 0.15) is 18.0 Å². The minimum atomic E-state index is -0.498. The van der Waals surface area contributed by atoms with Crippen molar-refractivity contribution in [1.82, 2.24) is 0 Å². The molecule has 0 saturated carbocycles. The Kier molecular flexibility index (Phi) is 4.45. The molecule has 0 spiro atoms. The van der Waals surface area contributed by atoms with Crippen molar-refractivity contribution in [3.05, 3.63) is 32.8 Å². The number of alkyl halides is 1. The molecule has 2 N–H and O–H groups in total. The Morgan fingerprint density at radius 3 is 2.50 bits per heavy atom. The zero-order chi connectivity index (χ0) is 10.7. The van der Waals surface area contributed by atoms with Crippen LogP contribution in [0.15, 0.2) is 12.1 Å². The Bertz CT molecular complexity index is 330. The molecule has 5 heteroatoms. The van der Waals surface area contributed by atoms with E-state index in [1.54, 1.807) is 6.07 Å². The van der Waals surface area contributed by atoms with Gasteiger partial charge in [-0.1, -0.05) is 34.8 Å². The predicted molar refractivity (Wildman–Crippen MR) is 59.0 cm³/mol. The molecule has 78 valence electrons. The molecule has 0 aliphatic heterocycles. The normalized spacial score (nSPS) is 12.9. The fraction of sp³-hybridized carbons (Fsp3) is 0.333. The van der Waals surface area contributed by atoms with Crippen LogP contribution in [0.4, 0.5) is 4.39 Å². The van der Waals surface area contributed by atoms with E-state index >= 15 is 0 Å². The lowest BCUT2D eigenvalue weighted by Gasteiger charge is -2.13. The van der Waals surface area contributed by atoms with Gasteiger partial charge in [0.05, 0.1) is 16.7 Å². The Morgan fingerprint density at radius 1 is 1.29 bits per heavy atom. The van der Waals surface area contributed by atoms with Crippen molar-refractivity contribution >= 4 is 34.8 Å². The van der Waals surface area contributed by atoms with Gasteiger partial charge in [-0.25, -0.2) is 0 Å². The number of benzene rings is 1. The van der Waals surface area contributed by atoms with Crippen LogP contribution < -0.4 is 5.73 Å². The highest BCUT2D eigenvalue weighted by molar-refractivity contribution is 6.43. The van der Waals surface area contributed by atoms with Gasteiger partial charge in [-0.05, 0) is 24.1 Å². The fourth-order valence-electron chi connectivity index (χ4n) is 1.12. The Labute approximate surface area is 96.9 Å². The first-order valence-electron chi connectivity index (χ1n) is 4.02. The van der Waals surface area contributed by atoms with E-state index in [9.17, 15) is 4.39 Å². The van der Waals surface area contributed by atoms with E-state index in [1.807, 2.05) is 0 Å². The van der Waals surface area contributed by atoms with Crippen LogP contribution in [0.25, 0.3) is 0 Å². The van der Waals surface area contributed by atoms with E-state index < -0.39 is 12.7 Å². The zero-order valence-electron chi connectivity index (χ0n) is 7.24. The molecule has 0 unspecified atom stereocenters. The molecule has 14 heavy (non-hydrogen) atoms. The summed E-state index contributed by atoms with van der Waals surface area (Å²) in [5.74, 6) is 0. The molecule has 0 bridgehead atoms. The first kappa shape index (κ1) is 12.1. The van der Waals surface area contributed by atoms with Gasteiger partial charge in [0.1, 0.15) is 0 Å². The quantitative estimate of drug-likeness (QED) is 0.813. The predicted octanol–water partition coefficient (Wildman–Crippen LogP) is 4.01. The Balaban J connectivity index is 3.07. The van der Waals surface area contributed by atoms with Crippen molar-refractivity contribution in [2.24, 2.45) is 5.73 Å². The first-order valence-corrected chi connectivity index (χ1v) is 5.15. The largest absolute Gasteiger partial charge is 0.324 e. The number of hydrogen-bond donors (Lipinski definition) is 1. The molecule has 0 aliphatic rings. The fourth-order valence-corrected chi connectivity index (χ4v) is 1.88. The second kappa shape index (κ2) is 5.17. The lowest BCUT2D eigenvalue weighted by Crippen LogP contribution is -2.11. The number of nitrogens with two attached hydrogens (primary N) is 1. The molecule has 1 aromatic rings. The highest BCUT2D eigenvalue weighted by atomic mass is 35.5. The van der Waals surface area contributed by atoms with E-state index in [4.69, 9.17) is 40.5 Å². The van der Waals surface area contributed by atoms with Gasteiger partial charge in [0.2, 0.25) is 0 Å². The maximum absolute atomic E-state index is 12.1. The second-order valence-corrected chi connectivity index (χ2v) is 4.10. The van der Waals surface area contributed by atoms with Gasteiger partial charge < -0.3 is 5.73 Å². The minimum absolute atomic E-state index is 0.205. The van der Waals surface area contributed by atoms with Crippen LogP contribution >= 0.6 is 34.8 Å². The second-order valence-electron chi connectivity index (χ2n) is 2.87. The summed E-state index contributed by atoms with van der Waals surface area (Å²) < 4.78 is 12.1. The van der Waals surface area contributed by atoms with Crippen molar-refractivity contribution in [2.75, 3.05) is 6.67 Å². The van der Waals surface area contributed by atoms with Crippen LogP contribution in [0.3, 0.4) is 0 Å². The molecule has 1 atom stereocenters. The maximum Gasteiger partial charge on any atom is 0.0912 e. The van der Waals surface area contributed by atoms with Gasteiger partial charge in [-0.15, -0.1) is 0 Å². The Hall–Kier alpha value is -0.0200. The molecule has 0 heterocycles. The number of halogens is 4. The molecular weight excluding hydrogens is 247 g/mol. The highest BCUT2D eigenvalue weighted by Gasteiger charge is 2.13. The summed E-state index contributed by atoms with van der Waals surface area (Å²) >= 11 is 17.5. The zero-order valence-corrected chi connectivity index (χ0v) is 9.50. The molecule has 0 aromatic heterocycles. The minimum Gasteiger partial charge on any atom is -0.324 e. The third kappa shape index (κ3) is 2.74. The van der Waals surface area contributed by atoms with Gasteiger partial charge in [-0.3, -0.25) is 4.39 Å². The van der Waals surface area contributed by atoms with Gasteiger partial charge >= 0.3 is 0 Å². The Morgan fingerprint density at radius 2 is 1.93 bits per heavy atom. The third-order valence-electron chi connectivity index (χ3n) is 1.84. The van der Waals surface area contributed by atoms with Crippen molar-refractivity contribution in [1.29, 1.82) is 0 Å². The lowest BCUT2D eigenvalue weighted by atomic mass is 10.1. The van der Waals surface area contributed by atoms with Gasteiger partial charge in [0.25, 0.3) is 0 Å². The summed E-state index contributed by atoms with van der Waals surface area (Å²) in [7, 11) is 0. The standard InChI is InChI=1S/C9H9Cl3FN/c10-5-3-6(8(14)1-2-13)9(12)7(11)4-5/h3-4,8H,1-2,14H2/t8-/m1/s1. The molecule has 1 rings (SSSR count). The van der Waals surface area contributed by atoms with Crippen LogP contribution in [0.5, 0.6) is 0 Å². The van der Waals surface area contributed by atoms with E-state index in [-0.39, 0.29) is 6.42 Å². The first-order chi connectivity index (χ1) is 6.56. The maximum atomic E-state index is 12.1. The van der Waals surface area contributed by atoms with Crippen molar-refractivity contribution in [3.63, 3.8) is 0 Å².